The number of rotatable bonds is 3. The van der Waals surface area contributed by atoms with Crippen LogP contribution in [0.15, 0.2) is 44.7 Å². The summed E-state index contributed by atoms with van der Waals surface area (Å²) in [7, 11) is 0. The third-order valence-electron chi connectivity index (χ3n) is 2.32. The molecule has 3 nitrogen and oxygen atoms in total. The Balaban J connectivity index is 2.12. The first-order valence-electron chi connectivity index (χ1n) is 5.13. The number of thiophene rings is 1. The SMILES string of the molecule is NC(C(=O)Nc1ccc(Br)cc1Br)c1cccs1. The second-order valence-electron chi connectivity index (χ2n) is 3.61. The second kappa shape index (κ2) is 5.97. The number of nitrogens with two attached hydrogens (primary N) is 1. The van der Waals surface area contributed by atoms with Gasteiger partial charge in [0.1, 0.15) is 6.04 Å². The van der Waals surface area contributed by atoms with E-state index in [1.807, 2.05) is 35.7 Å². The quantitative estimate of drug-likeness (QED) is 0.835. The summed E-state index contributed by atoms with van der Waals surface area (Å²) in [4.78, 5) is 12.8. The Morgan fingerprint density at radius 1 is 1.33 bits per heavy atom. The Morgan fingerprint density at radius 2 is 2.11 bits per heavy atom. The zero-order chi connectivity index (χ0) is 13.1. The summed E-state index contributed by atoms with van der Waals surface area (Å²) in [6.45, 7) is 0. The molecule has 2 rings (SSSR count). The van der Waals surface area contributed by atoms with Crippen molar-refractivity contribution >= 4 is 54.8 Å². The second-order valence-corrected chi connectivity index (χ2v) is 6.36. The van der Waals surface area contributed by atoms with E-state index in [4.69, 9.17) is 5.73 Å². The van der Waals surface area contributed by atoms with Crippen molar-refractivity contribution in [1.82, 2.24) is 0 Å². The molecule has 1 heterocycles. The molecule has 1 unspecified atom stereocenters. The van der Waals surface area contributed by atoms with E-state index >= 15 is 0 Å². The van der Waals surface area contributed by atoms with E-state index in [2.05, 4.69) is 37.2 Å². The minimum absolute atomic E-state index is 0.222. The lowest BCUT2D eigenvalue weighted by Crippen LogP contribution is -2.27. The monoisotopic (exact) mass is 388 g/mol. The largest absolute Gasteiger partial charge is 0.323 e. The molecule has 0 bridgehead atoms. The van der Waals surface area contributed by atoms with Crippen molar-refractivity contribution in [3.63, 3.8) is 0 Å². The fourth-order valence-electron chi connectivity index (χ4n) is 1.40. The molecular formula is C12H10Br2N2OS. The fraction of sp³-hybridized carbons (Fsp3) is 0.0833. The van der Waals surface area contributed by atoms with Gasteiger partial charge < -0.3 is 11.1 Å². The smallest absolute Gasteiger partial charge is 0.246 e. The highest BCUT2D eigenvalue weighted by Crippen LogP contribution is 2.27. The van der Waals surface area contributed by atoms with Crippen LogP contribution in [-0.4, -0.2) is 5.91 Å². The Kier molecular flexibility index (Phi) is 4.55. The van der Waals surface area contributed by atoms with Crippen LogP contribution in [0, 0.1) is 0 Å². The number of hydrogen-bond donors (Lipinski definition) is 2. The molecule has 1 amide bonds. The number of hydrogen-bond acceptors (Lipinski definition) is 3. The van der Waals surface area contributed by atoms with E-state index in [1.54, 1.807) is 0 Å². The third kappa shape index (κ3) is 3.20. The average molecular weight is 390 g/mol. The van der Waals surface area contributed by atoms with Crippen molar-refractivity contribution in [2.45, 2.75) is 6.04 Å². The predicted octanol–water partition coefficient (Wildman–Crippen LogP) is 3.91. The Morgan fingerprint density at radius 3 is 2.72 bits per heavy atom. The van der Waals surface area contributed by atoms with Crippen LogP contribution in [0.2, 0.25) is 0 Å². The highest BCUT2D eigenvalue weighted by molar-refractivity contribution is 9.11. The number of anilines is 1. The Bertz CT molecular complexity index is 557. The van der Waals surface area contributed by atoms with Crippen molar-refractivity contribution < 1.29 is 4.79 Å². The van der Waals surface area contributed by atoms with Crippen LogP contribution >= 0.6 is 43.2 Å². The first kappa shape index (κ1) is 13.7. The lowest BCUT2D eigenvalue weighted by atomic mass is 10.2. The van der Waals surface area contributed by atoms with Gasteiger partial charge in [-0.15, -0.1) is 11.3 Å². The summed E-state index contributed by atoms with van der Waals surface area (Å²) < 4.78 is 1.75. The van der Waals surface area contributed by atoms with Gasteiger partial charge in [0.2, 0.25) is 5.91 Å². The van der Waals surface area contributed by atoms with E-state index < -0.39 is 6.04 Å². The van der Waals surface area contributed by atoms with Gasteiger partial charge in [0.05, 0.1) is 5.69 Å². The third-order valence-corrected chi connectivity index (χ3v) is 4.43. The van der Waals surface area contributed by atoms with Gasteiger partial charge in [-0.2, -0.15) is 0 Å². The average Bonchev–Trinajstić information content (AvgIpc) is 2.85. The maximum atomic E-state index is 12.0. The van der Waals surface area contributed by atoms with E-state index in [0.717, 1.165) is 13.8 Å². The molecular weight excluding hydrogens is 380 g/mol. The number of benzene rings is 1. The van der Waals surface area contributed by atoms with Crippen LogP contribution in [0.4, 0.5) is 5.69 Å². The number of nitrogens with one attached hydrogen (secondary N) is 1. The zero-order valence-electron chi connectivity index (χ0n) is 9.19. The Hall–Kier alpha value is -0.690. The molecule has 0 aliphatic carbocycles. The van der Waals surface area contributed by atoms with Crippen molar-refractivity contribution in [2.75, 3.05) is 5.32 Å². The molecule has 0 spiro atoms. The van der Waals surface area contributed by atoms with Gasteiger partial charge in [-0.25, -0.2) is 0 Å². The van der Waals surface area contributed by atoms with Crippen molar-refractivity contribution in [3.05, 3.63) is 49.5 Å². The molecule has 0 saturated heterocycles. The number of amides is 1. The molecule has 1 aromatic carbocycles. The van der Waals surface area contributed by atoms with Crippen LogP contribution in [0.3, 0.4) is 0 Å². The molecule has 18 heavy (non-hydrogen) atoms. The molecule has 2 aromatic rings. The van der Waals surface area contributed by atoms with Crippen molar-refractivity contribution in [2.24, 2.45) is 5.73 Å². The highest BCUT2D eigenvalue weighted by atomic mass is 79.9. The van der Waals surface area contributed by atoms with Crippen LogP contribution in [0.25, 0.3) is 0 Å². The van der Waals surface area contributed by atoms with E-state index in [9.17, 15) is 4.79 Å². The van der Waals surface area contributed by atoms with Gasteiger partial charge in [-0.1, -0.05) is 22.0 Å². The normalized spacial score (nSPS) is 12.2. The summed E-state index contributed by atoms with van der Waals surface area (Å²) in [5.74, 6) is -0.222. The van der Waals surface area contributed by atoms with Crippen molar-refractivity contribution in [3.8, 4) is 0 Å². The lowest BCUT2D eigenvalue weighted by Gasteiger charge is -2.12. The molecule has 6 heteroatoms. The summed E-state index contributed by atoms with van der Waals surface area (Å²) in [6.07, 6.45) is 0. The standard InChI is InChI=1S/C12H10Br2N2OS/c13-7-3-4-9(8(14)6-7)16-12(17)11(15)10-2-1-5-18-10/h1-6,11H,15H2,(H,16,17). The molecule has 3 N–H and O–H groups in total. The Labute approximate surface area is 126 Å². The zero-order valence-corrected chi connectivity index (χ0v) is 13.2. The lowest BCUT2D eigenvalue weighted by molar-refractivity contribution is -0.117. The van der Waals surface area contributed by atoms with Crippen LogP contribution in [0.5, 0.6) is 0 Å². The summed E-state index contributed by atoms with van der Waals surface area (Å²) in [6, 6.07) is 8.63. The molecule has 0 aliphatic rings. The summed E-state index contributed by atoms with van der Waals surface area (Å²) in [5.41, 5.74) is 6.59. The molecule has 1 aromatic heterocycles. The van der Waals surface area contributed by atoms with Gasteiger partial charge in [0.15, 0.2) is 0 Å². The molecule has 0 radical (unpaired) electrons. The van der Waals surface area contributed by atoms with Gasteiger partial charge >= 0.3 is 0 Å². The minimum Gasteiger partial charge on any atom is -0.323 e. The molecule has 1 atom stereocenters. The number of carbonyl (C=O) groups excluding carboxylic acids is 1. The van der Waals surface area contributed by atoms with Gasteiger partial charge in [0, 0.05) is 13.8 Å². The molecule has 0 aliphatic heterocycles. The first-order chi connectivity index (χ1) is 8.58. The molecule has 94 valence electrons. The minimum atomic E-state index is -0.638. The highest BCUT2D eigenvalue weighted by Gasteiger charge is 2.17. The van der Waals surface area contributed by atoms with Crippen LogP contribution < -0.4 is 11.1 Å². The molecule has 0 saturated carbocycles. The van der Waals surface area contributed by atoms with Gasteiger partial charge in [-0.3, -0.25) is 4.79 Å². The summed E-state index contributed by atoms with van der Waals surface area (Å²) in [5, 5.41) is 4.70. The van der Waals surface area contributed by atoms with E-state index in [0.29, 0.717) is 5.69 Å². The van der Waals surface area contributed by atoms with Crippen LogP contribution in [-0.2, 0) is 4.79 Å². The fourth-order valence-corrected chi connectivity index (χ4v) is 3.27. The van der Waals surface area contributed by atoms with Crippen molar-refractivity contribution in [1.29, 1.82) is 0 Å². The van der Waals surface area contributed by atoms with Gasteiger partial charge in [0.25, 0.3) is 0 Å². The van der Waals surface area contributed by atoms with E-state index in [1.165, 1.54) is 11.3 Å². The van der Waals surface area contributed by atoms with Gasteiger partial charge in [-0.05, 0) is 45.6 Å². The number of halogens is 2. The first-order valence-corrected chi connectivity index (χ1v) is 7.59. The van der Waals surface area contributed by atoms with Crippen LogP contribution in [0.1, 0.15) is 10.9 Å². The predicted molar refractivity (Wildman–Crippen MR) is 81.7 cm³/mol. The maximum absolute atomic E-state index is 12.0. The summed E-state index contributed by atoms with van der Waals surface area (Å²) >= 11 is 8.22. The van der Waals surface area contributed by atoms with E-state index in [-0.39, 0.29) is 5.91 Å². The maximum Gasteiger partial charge on any atom is 0.246 e. The topological polar surface area (TPSA) is 55.1 Å². The number of carbonyl (C=O) groups is 1. The molecule has 0 fully saturated rings.